The molecule has 1 fully saturated rings. The second-order valence-corrected chi connectivity index (χ2v) is 25.2. The number of rotatable bonds is 10. The molecule has 0 aliphatic heterocycles. The molecule has 3 aromatic rings. The normalized spacial score (nSPS) is 18.0. The van der Waals surface area contributed by atoms with Crippen molar-refractivity contribution in [1.82, 2.24) is 5.06 Å². The van der Waals surface area contributed by atoms with Gasteiger partial charge in [-0.05, 0) is 97.2 Å². The van der Waals surface area contributed by atoms with Crippen molar-refractivity contribution in [3.63, 3.8) is 0 Å². The summed E-state index contributed by atoms with van der Waals surface area (Å²) in [4.78, 5) is 19.2. The molecule has 0 aromatic heterocycles. The zero-order chi connectivity index (χ0) is 33.0. The second-order valence-electron chi connectivity index (χ2n) is 15.7. The number of carbonyl (C=O) groups excluding carboxylic acids is 1. The van der Waals surface area contributed by atoms with E-state index in [1.165, 1.54) is 5.56 Å². The van der Waals surface area contributed by atoms with Gasteiger partial charge in [0.25, 0.3) is 0 Å². The third-order valence-electron chi connectivity index (χ3n) is 10.3. The molecule has 0 heterocycles. The van der Waals surface area contributed by atoms with E-state index in [0.29, 0.717) is 18.0 Å². The molecule has 1 aliphatic carbocycles. The average Bonchev–Trinajstić information content (AvgIpc) is 2.96. The first-order valence-corrected chi connectivity index (χ1v) is 22.4. The maximum atomic E-state index is 13.1. The highest BCUT2D eigenvalue weighted by Crippen LogP contribution is 2.45. The first kappa shape index (κ1) is 35.0. The Morgan fingerprint density at radius 1 is 0.733 bits per heavy atom. The number of hydrogen-bond acceptors (Lipinski definition) is 5. The topological polar surface area (TPSA) is 48.0 Å². The molecule has 244 valence electrons. The zero-order valence-electron chi connectivity index (χ0n) is 29.3. The molecule has 0 atom stereocenters. The highest BCUT2D eigenvalue weighted by Gasteiger charge is 2.41. The van der Waals surface area contributed by atoms with Crippen molar-refractivity contribution in [2.75, 3.05) is 0 Å². The third kappa shape index (κ3) is 8.89. The fourth-order valence-corrected chi connectivity index (χ4v) is 7.34. The van der Waals surface area contributed by atoms with Gasteiger partial charge in [0.15, 0.2) is 0 Å². The van der Waals surface area contributed by atoms with Crippen molar-refractivity contribution < 1.29 is 18.5 Å². The van der Waals surface area contributed by atoms with E-state index in [9.17, 15) is 4.79 Å². The molecule has 4 rings (SSSR count). The van der Waals surface area contributed by atoms with Crippen LogP contribution >= 0.6 is 0 Å². The van der Waals surface area contributed by atoms with Crippen LogP contribution < -0.4 is 8.85 Å². The van der Waals surface area contributed by atoms with Gasteiger partial charge in [0, 0.05) is 12.1 Å². The van der Waals surface area contributed by atoms with Crippen molar-refractivity contribution in [2.24, 2.45) is 0 Å². The monoisotopic (exact) mass is 645 g/mol. The Morgan fingerprint density at radius 2 is 1.27 bits per heavy atom. The second kappa shape index (κ2) is 13.9. The minimum absolute atomic E-state index is 0.0821. The van der Waals surface area contributed by atoms with Crippen LogP contribution in [-0.2, 0) is 11.4 Å². The highest BCUT2D eigenvalue weighted by atomic mass is 28.4. The smallest absolute Gasteiger partial charge is 0.357 e. The summed E-state index contributed by atoms with van der Waals surface area (Å²) in [5, 5.41) is 2.11. The van der Waals surface area contributed by atoms with Gasteiger partial charge in [-0.2, -0.15) is 0 Å². The summed E-state index contributed by atoms with van der Waals surface area (Å²) in [6, 6.07) is 26.3. The molecule has 0 N–H and O–H groups in total. The van der Waals surface area contributed by atoms with Crippen LogP contribution in [0.25, 0.3) is 0 Å². The number of hydrogen-bond donors (Lipinski definition) is 0. The lowest BCUT2D eigenvalue weighted by atomic mass is 9.81. The first-order chi connectivity index (χ1) is 21.0. The van der Waals surface area contributed by atoms with Crippen molar-refractivity contribution in [1.29, 1.82) is 0 Å². The van der Waals surface area contributed by atoms with Crippen LogP contribution in [0.2, 0.25) is 36.3 Å². The van der Waals surface area contributed by atoms with Crippen molar-refractivity contribution >= 4 is 22.6 Å². The van der Waals surface area contributed by atoms with Gasteiger partial charge in [-0.1, -0.05) is 96.1 Å². The van der Waals surface area contributed by atoms with E-state index < -0.39 is 16.6 Å². The average molecular weight is 646 g/mol. The Kier molecular flexibility index (Phi) is 10.8. The first-order valence-electron chi connectivity index (χ1n) is 16.6. The SMILES string of the molecule is CC(C)(C)[Si](C)(C)Oc1ccc([C@H]2CC[C@H](N(Cc3ccccc3)OC(=O)c3ccccc3)CC2)c(O[Si](C)(C)C(C)(C)C)c1. The van der Waals surface area contributed by atoms with Crippen LogP contribution in [0.5, 0.6) is 11.5 Å². The predicted molar refractivity (Wildman–Crippen MR) is 191 cm³/mol. The minimum atomic E-state index is -2.09. The number of hydroxylamine groups is 2. The molecule has 0 saturated heterocycles. The Bertz CT molecular complexity index is 1400. The summed E-state index contributed by atoms with van der Waals surface area (Å²) in [6.45, 7) is 23.5. The molecule has 1 saturated carbocycles. The largest absolute Gasteiger partial charge is 0.543 e. The standard InChI is InChI=1S/C38H55NO4Si2/c1-37(2,3)44(7,8)42-33-25-26-34(35(27-33)43-45(9,10)38(4,5)6)30-21-23-32(24-22-30)39(28-29-17-13-11-14-18-29)41-36(40)31-19-15-12-16-20-31/h11-20,25-27,30,32H,21-24,28H2,1-10H3/t30-,32-. The van der Waals surface area contributed by atoms with E-state index in [-0.39, 0.29) is 22.1 Å². The van der Waals surface area contributed by atoms with Gasteiger partial charge in [0.05, 0.1) is 12.1 Å². The highest BCUT2D eigenvalue weighted by molar-refractivity contribution is 6.75. The van der Waals surface area contributed by atoms with Crippen LogP contribution in [0, 0.1) is 0 Å². The number of nitrogens with zero attached hydrogens (tertiary/aromatic N) is 1. The molecular formula is C38H55NO4Si2. The van der Waals surface area contributed by atoms with Gasteiger partial charge in [-0.25, -0.2) is 4.79 Å². The van der Waals surface area contributed by atoms with Gasteiger partial charge in [-0.15, -0.1) is 5.06 Å². The van der Waals surface area contributed by atoms with E-state index >= 15 is 0 Å². The molecule has 0 unspecified atom stereocenters. The summed E-state index contributed by atoms with van der Waals surface area (Å²) in [6.07, 6.45) is 3.85. The quantitative estimate of drug-likeness (QED) is 0.162. The molecular weight excluding hydrogens is 591 g/mol. The van der Waals surface area contributed by atoms with Crippen molar-refractivity contribution in [2.45, 2.75) is 122 Å². The molecule has 1 aliphatic rings. The zero-order valence-corrected chi connectivity index (χ0v) is 31.3. The summed E-state index contributed by atoms with van der Waals surface area (Å²) in [7, 11) is -4.10. The summed E-state index contributed by atoms with van der Waals surface area (Å²) in [5.74, 6) is 1.95. The fraction of sp³-hybridized carbons (Fsp3) is 0.500. The van der Waals surface area contributed by atoms with E-state index in [4.69, 9.17) is 13.7 Å². The molecule has 7 heteroatoms. The molecule has 0 spiro atoms. The van der Waals surface area contributed by atoms with Gasteiger partial charge in [0.1, 0.15) is 11.5 Å². The van der Waals surface area contributed by atoms with E-state index in [2.05, 4.69) is 98.1 Å². The Labute approximate surface area is 274 Å². The van der Waals surface area contributed by atoms with Crippen molar-refractivity contribution in [3.8, 4) is 11.5 Å². The van der Waals surface area contributed by atoms with Crippen molar-refractivity contribution in [3.05, 3.63) is 95.6 Å². The minimum Gasteiger partial charge on any atom is -0.543 e. The maximum Gasteiger partial charge on any atom is 0.357 e. The van der Waals surface area contributed by atoms with Crippen LogP contribution in [-0.4, -0.2) is 33.7 Å². The molecule has 5 nitrogen and oxygen atoms in total. The molecule has 0 bridgehead atoms. The van der Waals surface area contributed by atoms with Crippen LogP contribution in [0.1, 0.15) is 94.6 Å². The summed E-state index contributed by atoms with van der Waals surface area (Å²) in [5.41, 5.74) is 2.97. The maximum absolute atomic E-state index is 13.1. The van der Waals surface area contributed by atoms with Gasteiger partial charge in [-0.3, -0.25) is 0 Å². The molecule has 3 aromatic carbocycles. The number of carbonyl (C=O) groups is 1. The number of benzene rings is 3. The van der Waals surface area contributed by atoms with E-state index in [0.717, 1.165) is 42.7 Å². The molecule has 45 heavy (non-hydrogen) atoms. The Hall–Kier alpha value is -2.88. The van der Waals surface area contributed by atoms with Gasteiger partial charge < -0.3 is 13.7 Å². The Morgan fingerprint density at radius 3 is 1.82 bits per heavy atom. The predicted octanol–water partition coefficient (Wildman–Crippen LogP) is 10.8. The Balaban J connectivity index is 1.57. The van der Waals surface area contributed by atoms with Gasteiger partial charge >= 0.3 is 5.97 Å². The lowest BCUT2D eigenvalue weighted by Gasteiger charge is -2.40. The van der Waals surface area contributed by atoms with E-state index in [1.807, 2.05) is 53.6 Å². The lowest BCUT2D eigenvalue weighted by molar-refractivity contribution is -0.152. The van der Waals surface area contributed by atoms with Crippen LogP contribution in [0.15, 0.2) is 78.9 Å². The van der Waals surface area contributed by atoms with Crippen LogP contribution in [0.4, 0.5) is 0 Å². The van der Waals surface area contributed by atoms with Gasteiger partial charge in [0.2, 0.25) is 16.6 Å². The summed E-state index contributed by atoms with van der Waals surface area (Å²) >= 11 is 0. The molecule has 0 radical (unpaired) electrons. The summed E-state index contributed by atoms with van der Waals surface area (Å²) < 4.78 is 13.8. The fourth-order valence-electron chi connectivity index (χ4n) is 5.29. The van der Waals surface area contributed by atoms with E-state index in [1.54, 1.807) is 0 Å². The lowest BCUT2D eigenvalue weighted by Crippen LogP contribution is -2.45. The third-order valence-corrected chi connectivity index (χ3v) is 19.0. The van der Waals surface area contributed by atoms with Crippen LogP contribution in [0.3, 0.4) is 0 Å². The molecule has 0 amide bonds.